The Morgan fingerprint density at radius 1 is 1.67 bits per heavy atom. The van der Waals surface area contributed by atoms with Crippen LogP contribution in [0, 0.1) is 13.8 Å². The van der Waals surface area contributed by atoms with Crippen LogP contribution in [0.25, 0.3) is 10.4 Å². The number of hydrogen-bond donors (Lipinski definition) is 1. The first kappa shape index (κ1) is 11.5. The molecule has 0 atom stereocenters. The van der Waals surface area contributed by atoms with Gasteiger partial charge >= 0.3 is 0 Å². The van der Waals surface area contributed by atoms with Crippen molar-refractivity contribution in [3.63, 3.8) is 0 Å². The number of aryl methyl sites for hydroxylation is 2. The Hall–Kier alpha value is -1.59. The summed E-state index contributed by atoms with van der Waals surface area (Å²) in [6, 6.07) is 0. The van der Waals surface area contributed by atoms with Gasteiger partial charge in [-0.05, 0) is 19.4 Å². The maximum atomic E-state index is 11.6. The van der Waals surface area contributed by atoms with E-state index in [9.17, 15) is 4.79 Å². The Labute approximate surface area is 91.0 Å². The van der Waals surface area contributed by atoms with Gasteiger partial charge in [-0.3, -0.25) is 4.79 Å². The van der Waals surface area contributed by atoms with Crippen LogP contribution in [0.5, 0.6) is 0 Å². The standard InChI is InChI=1S/C8H11N5OS/c1-5-7(15-6(2)12-5)8(14)10-3-4-11-13-9/h3-4H2,1-2H3,(H,10,14). The molecule has 0 unspecified atom stereocenters. The van der Waals surface area contributed by atoms with Crippen molar-refractivity contribution in [2.45, 2.75) is 13.8 Å². The van der Waals surface area contributed by atoms with E-state index in [1.807, 2.05) is 6.92 Å². The van der Waals surface area contributed by atoms with Crippen LogP contribution in [0.15, 0.2) is 5.11 Å². The lowest BCUT2D eigenvalue weighted by Gasteiger charge is -2.00. The lowest BCUT2D eigenvalue weighted by molar-refractivity contribution is 0.0958. The predicted molar refractivity (Wildman–Crippen MR) is 57.9 cm³/mol. The Balaban J connectivity index is 2.53. The van der Waals surface area contributed by atoms with E-state index in [1.165, 1.54) is 11.3 Å². The van der Waals surface area contributed by atoms with Crippen LogP contribution >= 0.6 is 11.3 Å². The Morgan fingerprint density at radius 2 is 2.40 bits per heavy atom. The molecule has 6 nitrogen and oxygen atoms in total. The molecule has 15 heavy (non-hydrogen) atoms. The minimum absolute atomic E-state index is 0.161. The van der Waals surface area contributed by atoms with Crippen LogP contribution < -0.4 is 5.32 Å². The van der Waals surface area contributed by atoms with Gasteiger partial charge in [-0.1, -0.05) is 5.11 Å². The molecule has 0 spiro atoms. The maximum absolute atomic E-state index is 11.6. The average molecular weight is 225 g/mol. The molecule has 0 aromatic carbocycles. The summed E-state index contributed by atoms with van der Waals surface area (Å²) >= 11 is 1.36. The summed E-state index contributed by atoms with van der Waals surface area (Å²) in [5.74, 6) is -0.161. The van der Waals surface area contributed by atoms with Crippen molar-refractivity contribution < 1.29 is 4.79 Å². The van der Waals surface area contributed by atoms with E-state index < -0.39 is 0 Å². The number of thiazole rings is 1. The monoisotopic (exact) mass is 225 g/mol. The van der Waals surface area contributed by atoms with Gasteiger partial charge in [0.2, 0.25) is 0 Å². The highest BCUT2D eigenvalue weighted by Gasteiger charge is 2.12. The highest BCUT2D eigenvalue weighted by atomic mass is 32.1. The second-order valence-corrected chi connectivity index (χ2v) is 4.06. The predicted octanol–water partition coefficient (Wildman–Crippen LogP) is 1.80. The molecule has 0 aliphatic rings. The molecule has 7 heteroatoms. The minimum Gasteiger partial charge on any atom is -0.351 e. The van der Waals surface area contributed by atoms with Crippen molar-refractivity contribution >= 4 is 17.2 Å². The van der Waals surface area contributed by atoms with Crippen LogP contribution in [-0.2, 0) is 0 Å². The summed E-state index contributed by atoms with van der Waals surface area (Å²) in [6.07, 6.45) is 0. The molecule has 0 saturated carbocycles. The number of nitrogens with zero attached hydrogens (tertiary/aromatic N) is 4. The zero-order valence-electron chi connectivity index (χ0n) is 8.52. The molecule has 0 radical (unpaired) electrons. The van der Waals surface area contributed by atoms with Crippen LogP contribution in [0.4, 0.5) is 0 Å². The molecule has 1 heterocycles. The molecule has 1 N–H and O–H groups in total. The minimum atomic E-state index is -0.161. The zero-order valence-corrected chi connectivity index (χ0v) is 9.34. The second-order valence-electron chi connectivity index (χ2n) is 2.86. The summed E-state index contributed by atoms with van der Waals surface area (Å²) in [4.78, 5) is 18.9. The van der Waals surface area contributed by atoms with Crippen molar-refractivity contribution in [1.82, 2.24) is 10.3 Å². The topological polar surface area (TPSA) is 90.8 Å². The van der Waals surface area contributed by atoms with E-state index in [4.69, 9.17) is 5.53 Å². The summed E-state index contributed by atoms with van der Waals surface area (Å²) in [7, 11) is 0. The van der Waals surface area contributed by atoms with Gasteiger partial charge in [0.15, 0.2) is 0 Å². The van der Waals surface area contributed by atoms with Gasteiger partial charge in [-0.25, -0.2) is 4.98 Å². The first-order valence-electron chi connectivity index (χ1n) is 4.38. The number of amides is 1. The Bertz CT molecular complexity index is 407. The summed E-state index contributed by atoms with van der Waals surface area (Å²) in [6.45, 7) is 4.26. The highest BCUT2D eigenvalue weighted by Crippen LogP contribution is 2.16. The number of carbonyl (C=O) groups excluding carboxylic acids is 1. The number of aromatic nitrogens is 1. The van der Waals surface area contributed by atoms with Gasteiger partial charge in [0.25, 0.3) is 5.91 Å². The van der Waals surface area contributed by atoms with Gasteiger partial charge in [0.1, 0.15) is 4.88 Å². The van der Waals surface area contributed by atoms with E-state index in [0.717, 1.165) is 10.7 Å². The first-order chi connectivity index (χ1) is 7.15. The summed E-state index contributed by atoms with van der Waals surface area (Å²) in [5.41, 5.74) is 8.77. The fraction of sp³-hybridized carbons (Fsp3) is 0.500. The summed E-state index contributed by atoms with van der Waals surface area (Å²) < 4.78 is 0. The molecule has 80 valence electrons. The van der Waals surface area contributed by atoms with Gasteiger partial charge in [0.05, 0.1) is 10.7 Å². The van der Waals surface area contributed by atoms with E-state index in [2.05, 4.69) is 20.3 Å². The molecule has 1 amide bonds. The largest absolute Gasteiger partial charge is 0.351 e. The lowest BCUT2D eigenvalue weighted by Crippen LogP contribution is -2.25. The number of nitrogens with one attached hydrogen (secondary N) is 1. The van der Waals surface area contributed by atoms with Crippen molar-refractivity contribution in [3.05, 3.63) is 26.0 Å². The molecule has 0 aliphatic heterocycles. The maximum Gasteiger partial charge on any atom is 0.263 e. The summed E-state index contributed by atoms with van der Waals surface area (Å²) in [5, 5.41) is 6.84. The van der Waals surface area contributed by atoms with Gasteiger partial charge in [0, 0.05) is 18.0 Å². The second kappa shape index (κ2) is 5.33. The SMILES string of the molecule is Cc1nc(C)c(C(=O)NCCN=[N+]=[N-])s1. The number of azide groups is 1. The lowest BCUT2D eigenvalue weighted by atomic mass is 10.4. The Morgan fingerprint density at radius 3 is 2.93 bits per heavy atom. The van der Waals surface area contributed by atoms with E-state index in [-0.39, 0.29) is 12.5 Å². The fourth-order valence-electron chi connectivity index (χ4n) is 1.09. The molecule has 1 aromatic rings. The van der Waals surface area contributed by atoms with Crippen LogP contribution in [0.1, 0.15) is 20.4 Å². The zero-order chi connectivity index (χ0) is 11.3. The van der Waals surface area contributed by atoms with Gasteiger partial charge < -0.3 is 5.32 Å². The third-order valence-electron chi connectivity index (χ3n) is 1.67. The van der Waals surface area contributed by atoms with Crippen molar-refractivity contribution in [3.8, 4) is 0 Å². The van der Waals surface area contributed by atoms with E-state index in [1.54, 1.807) is 6.92 Å². The molecule has 0 bridgehead atoms. The van der Waals surface area contributed by atoms with Crippen LogP contribution in [0.2, 0.25) is 0 Å². The molecule has 1 aromatic heterocycles. The normalized spacial score (nSPS) is 9.47. The molecule has 0 fully saturated rings. The van der Waals surface area contributed by atoms with E-state index >= 15 is 0 Å². The van der Waals surface area contributed by atoms with Crippen LogP contribution in [0.3, 0.4) is 0 Å². The van der Waals surface area contributed by atoms with Crippen molar-refractivity contribution in [2.75, 3.05) is 13.1 Å². The fourth-order valence-corrected chi connectivity index (χ4v) is 1.92. The number of rotatable bonds is 4. The molecular weight excluding hydrogens is 214 g/mol. The first-order valence-corrected chi connectivity index (χ1v) is 5.20. The quantitative estimate of drug-likeness (QED) is 0.366. The third kappa shape index (κ3) is 3.23. The molecule has 0 saturated heterocycles. The van der Waals surface area contributed by atoms with Gasteiger partial charge in [-0.2, -0.15) is 0 Å². The van der Waals surface area contributed by atoms with Gasteiger partial charge in [-0.15, -0.1) is 11.3 Å². The smallest absolute Gasteiger partial charge is 0.263 e. The average Bonchev–Trinajstić information content (AvgIpc) is 2.52. The highest BCUT2D eigenvalue weighted by molar-refractivity contribution is 7.13. The van der Waals surface area contributed by atoms with E-state index in [0.29, 0.717) is 11.4 Å². The Kier molecular flexibility index (Phi) is 4.08. The molecular formula is C8H11N5OS. The van der Waals surface area contributed by atoms with Crippen molar-refractivity contribution in [2.24, 2.45) is 5.11 Å². The molecule has 0 aliphatic carbocycles. The van der Waals surface area contributed by atoms with Crippen molar-refractivity contribution in [1.29, 1.82) is 0 Å². The third-order valence-corrected chi connectivity index (χ3v) is 2.74. The van der Waals surface area contributed by atoms with Crippen LogP contribution in [-0.4, -0.2) is 24.0 Å². The number of hydrogen-bond acceptors (Lipinski definition) is 4. The molecule has 1 rings (SSSR count). The number of carbonyl (C=O) groups is 1.